The van der Waals surface area contributed by atoms with Gasteiger partial charge in [-0.05, 0) is 30.7 Å². The van der Waals surface area contributed by atoms with Crippen molar-refractivity contribution in [1.82, 2.24) is 10.3 Å². The van der Waals surface area contributed by atoms with Crippen molar-refractivity contribution in [3.8, 4) is 5.88 Å². The summed E-state index contributed by atoms with van der Waals surface area (Å²) in [5.74, 6) is 0.170. The number of hydrogen-bond acceptors (Lipinski definition) is 4. The fourth-order valence-electron chi connectivity index (χ4n) is 1.84. The number of carbonyl (C=O) groups excluding carboxylic acids is 1. The van der Waals surface area contributed by atoms with Crippen LogP contribution in [0, 0.1) is 0 Å². The molecule has 0 aliphatic rings. The van der Waals surface area contributed by atoms with Crippen LogP contribution in [0.5, 0.6) is 5.88 Å². The van der Waals surface area contributed by atoms with E-state index in [0.29, 0.717) is 28.6 Å². The molecule has 1 amide bonds. The highest BCUT2D eigenvalue weighted by atomic mass is 35.5. The normalized spacial score (nSPS) is 11.8. The molecule has 22 heavy (non-hydrogen) atoms. The van der Waals surface area contributed by atoms with Crippen LogP contribution in [0.2, 0.25) is 5.02 Å². The molecule has 0 spiro atoms. The Bertz CT molecular complexity index is 614. The molecular formula is C16H17ClN2O3. The first-order valence-corrected chi connectivity index (χ1v) is 7.28. The zero-order chi connectivity index (χ0) is 15.9. The van der Waals surface area contributed by atoms with Crippen LogP contribution >= 0.6 is 11.6 Å². The third-order valence-corrected chi connectivity index (χ3v) is 3.25. The van der Waals surface area contributed by atoms with Crippen LogP contribution in [-0.4, -0.2) is 29.1 Å². The van der Waals surface area contributed by atoms with Crippen LogP contribution in [0.15, 0.2) is 42.6 Å². The molecule has 0 fully saturated rings. The van der Waals surface area contributed by atoms with E-state index in [1.54, 1.807) is 36.4 Å². The van der Waals surface area contributed by atoms with Crippen LogP contribution < -0.4 is 10.1 Å². The van der Waals surface area contributed by atoms with Gasteiger partial charge in [0.15, 0.2) is 0 Å². The number of rotatable bonds is 6. The maximum absolute atomic E-state index is 12.0. The highest BCUT2D eigenvalue weighted by Gasteiger charge is 2.11. The molecule has 5 nitrogen and oxygen atoms in total. The Labute approximate surface area is 133 Å². The van der Waals surface area contributed by atoms with E-state index in [4.69, 9.17) is 16.3 Å². The summed E-state index contributed by atoms with van der Waals surface area (Å²) >= 11 is 5.79. The maximum atomic E-state index is 12.0. The molecule has 1 heterocycles. The summed E-state index contributed by atoms with van der Waals surface area (Å²) in [6, 6.07) is 10.1. The number of nitrogens with one attached hydrogen (secondary N) is 1. The summed E-state index contributed by atoms with van der Waals surface area (Å²) < 4.78 is 5.21. The molecule has 2 N–H and O–H groups in total. The molecule has 0 aliphatic carbocycles. The standard InChI is InChI=1S/C16H17ClN2O3/c1-2-22-15-8-5-12(9-18-15)16(21)19-10-14(20)11-3-6-13(17)7-4-11/h3-9,14,20H,2,10H2,1H3,(H,19,21). The summed E-state index contributed by atoms with van der Waals surface area (Å²) in [5, 5.41) is 13.3. The molecule has 2 aromatic rings. The van der Waals surface area contributed by atoms with Crippen molar-refractivity contribution >= 4 is 17.5 Å². The molecule has 0 radical (unpaired) electrons. The molecule has 1 aromatic carbocycles. The topological polar surface area (TPSA) is 71.5 Å². The van der Waals surface area contributed by atoms with Crippen molar-refractivity contribution in [2.24, 2.45) is 0 Å². The summed E-state index contributed by atoms with van der Waals surface area (Å²) in [6.45, 7) is 2.49. The van der Waals surface area contributed by atoms with Gasteiger partial charge in [0.1, 0.15) is 0 Å². The average Bonchev–Trinajstić information content (AvgIpc) is 2.54. The first-order chi connectivity index (χ1) is 10.6. The minimum absolute atomic E-state index is 0.105. The summed E-state index contributed by atoms with van der Waals surface area (Å²) in [6.07, 6.45) is 0.645. The third-order valence-electron chi connectivity index (χ3n) is 3.00. The zero-order valence-electron chi connectivity index (χ0n) is 12.1. The third kappa shape index (κ3) is 4.44. The van der Waals surface area contributed by atoms with Gasteiger partial charge in [0.05, 0.1) is 18.3 Å². The molecule has 0 bridgehead atoms. The number of ether oxygens (including phenoxy) is 1. The monoisotopic (exact) mass is 320 g/mol. The van der Waals surface area contributed by atoms with Gasteiger partial charge in [0, 0.05) is 23.8 Å². The van der Waals surface area contributed by atoms with E-state index >= 15 is 0 Å². The molecule has 0 saturated heterocycles. The molecule has 1 aromatic heterocycles. The van der Waals surface area contributed by atoms with Gasteiger partial charge in [0.2, 0.25) is 5.88 Å². The molecule has 6 heteroatoms. The van der Waals surface area contributed by atoms with Gasteiger partial charge >= 0.3 is 0 Å². The van der Waals surface area contributed by atoms with E-state index in [2.05, 4.69) is 10.3 Å². The van der Waals surface area contributed by atoms with Crippen molar-refractivity contribution in [1.29, 1.82) is 0 Å². The van der Waals surface area contributed by atoms with Gasteiger partial charge in [-0.15, -0.1) is 0 Å². The molecule has 1 atom stereocenters. The summed E-state index contributed by atoms with van der Waals surface area (Å²) in [7, 11) is 0. The molecule has 1 unspecified atom stereocenters. The van der Waals surface area contributed by atoms with E-state index in [1.807, 2.05) is 6.92 Å². The number of pyridine rings is 1. The highest BCUT2D eigenvalue weighted by Crippen LogP contribution is 2.16. The number of aliphatic hydroxyl groups excluding tert-OH is 1. The fourth-order valence-corrected chi connectivity index (χ4v) is 1.97. The molecule has 0 aliphatic heterocycles. The first-order valence-electron chi connectivity index (χ1n) is 6.90. The van der Waals surface area contributed by atoms with Gasteiger partial charge in [-0.1, -0.05) is 23.7 Å². The smallest absolute Gasteiger partial charge is 0.252 e. The van der Waals surface area contributed by atoms with E-state index in [-0.39, 0.29) is 12.5 Å². The largest absolute Gasteiger partial charge is 0.478 e. The SMILES string of the molecule is CCOc1ccc(C(=O)NCC(O)c2ccc(Cl)cc2)cn1. The Morgan fingerprint density at radius 3 is 2.64 bits per heavy atom. The maximum Gasteiger partial charge on any atom is 0.252 e. The number of halogens is 1. The summed E-state index contributed by atoms with van der Waals surface area (Å²) in [5.41, 5.74) is 1.10. The van der Waals surface area contributed by atoms with Crippen LogP contribution in [0.1, 0.15) is 28.9 Å². The molecule has 2 rings (SSSR count). The van der Waals surface area contributed by atoms with Gasteiger partial charge < -0.3 is 15.2 Å². The van der Waals surface area contributed by atoms with Crippen LogP contribution in [0.3, 0.4) is 0 Å². The Morgan fingerprint density at radius 2 is 2.05 bits per heavy atom. The van der Waals surface area contributed by atoms with Gasteiger partial charge in [-0.25, -0.2) is 4.98 Å². The quantitative estimate of drug-likeness (QED) is 0.858. The number of aromatic nitrogens is 1. The number of carbonyl (C=O) groups is 1. The molecule has 116 valence electrons. The van der Waals surface area contributed by atoms with Crippen LogP contribution in [-0.2, 0) is 0 Å². The Kier molecular flexibility index (Phi) is 5.75. The number of hydrogen-bond donors (Lipinski definition) is 2. The number of amides is 1. The zero-order valence-corrected chi connectivity index (χ0v) is 12.9. The predicted octanol–water partition coefficient (Wildman–Crippen LogP) is 2.60. The number of nitrogens with zero attached hydrogens (tertiary/aromatic N) is 1. The second-order valence-electron chi connectivity index (χ2n) is 4.60. The molecular weight excluding hydrogens is 304 g/mol. The lowest BCUT2D eigenvalue weighted by Gasteiger charge is -2.12. The second kappa shape index (κ2) is 7.77. The van der Waals surface area contributed by atoms with Crippen molar-refractivity contribution in [3.63, 3.8) is 0 Å². The average molecular weight is 321 g/mol. The van der Waals surface area contributed by atoms with Crippen LogP contribution in [0.25, 0.3) is 0 Å². The number of benzene rings is 1. The predicted molar refractivity (Wildman–Crippen MR) is 84.2 cm³/mol. The Balaban J connectivity index is 1.90. The lowest BCUT2D eigenvalue weighted by molar-refractivity contribution is 0.0916. The fraction of sp³-hybridized carbons (Fsp3) is 0.250. The van der Waals surface area contributed by atoms with Gasteiger partial charge in [0.25, 0.3) is 5.91 Å². The minimum atomic E-state index is -0.795. The van der Waals surface area contributed by atoms with Crippen molar-refractivity contribution in [2.75, 3.05) is 13.2 Å². The number of aliphatic hydroxyl groups is 1. The lowest BCUT2D eigenvalue weighted by Crippen LogP contribution is -2.28. The van der Waals surface area contributed by atoms with E-state index < -0.39 is 6.10 Å². The van der Waals surface area contributed by atoms with Crippen molar-refractivity contribution in [3.05, 3.63) is 58.7 Å². The van der Waals surface area contributed by atoms with Crippen molar-refractivity contribution < 1.29 is 14.6 Å². The van der Waals surface area contributed by atoms with Crippen molar-refractivity contribution in [2.45, 2.75) is 13.0 Å². The van der Waals surface area contributed by atoms with Gasteiger partial charge in [-0.3, -0.25) is 4.79 Å². The van der Waals surface area contributed by atoms with E-state index in [9.17, 15) is 9.90 Å². The van der Waals surface area contributed by atoms with E-state index in [0.717, 1.165) is 0 Å². The van der Waals surface area contributed by atoms with Gasteiger partial charge in [-0.2, -0.15) is 0 Å². The second-order valence-corrected chi connectivity index (χ2v) is 5.03. The highest BCUT2D eigenvalue weighted by molar-refractivity contribution is 6.30. The van der Waals surface area contributed by atoms with Crippen LogP contribution in [0.4, 0.5) is 0 Å². The molecule has 0 saturated carbocycles. The first kappa shape index (κ1) is 16.3. The Morgan fingerprint density at radius 1 is 1.32 bits per heavy atom. The van der Waals surface area contributed by atoms with E-state index in [1.165, 1.54) is 6.20 Å². The lowest BCUT2D eigenvalue weighted by atomic mass is 10.1. The minimum Gasteiger partial charge on any atom is -0.478 e. The summed E-state index contributed by atoms with van der Waals surface area (Å²) in [4.78, 5) is 16.0. The Hall–Kier alpha value is -2.11.